The number of carbonyl (C=O) groups is 3. The Morgan fingerprint density at radius 3 is 2.44 bits per heavy atom. The predicted octanol–water partition coefficient (Wildman–Crippen LogP) is 5.20. The van der Waals surface area contributed by atoms with E-state index in [-0.39, 0.29) is 23.0 Å². The Bertz CT molecular complexity index is 1680. The summed E-state index contributed by atoms with van der Waals surface area (Å²) in [5.41, 5.74) is 2.22. The number of ketones is 2. The van der Waals surface area contributed by atoms with Crippen LogP contribution < -0.4 is 5.32 Å². The monoisotopic (exact) mass is 515 g/mol. The number of benzene rings is 3. The van der Waals surface area contributed by atoms with Gasteiger partial charge in [-0.05, 0) is 65.2 Å². The highest BCUT2D eigenvalue weighted by Crippen LogP contribution is 2.62. The van der Waals surface area contributed by atoms with E-state index in [0.29, 0.717) is 16.8 Å². The van der Waals surface area contributed by atoms with Crippen LogP contribution >= 0.6 is 0 Å². The van der Waals surface area contributed by atoms with Gasteiger partial charge in [0.1, 0.15) is 17.3 Å². The Morgan fingerprint density at radius 1 is 0.872 bits per heavy atom. The van der Waals surface area contributed by atoms with Gasteiger partial charge in [-0.3, -0.25) is 19.4 Å². The smallest absolute Gasteiger partial charge is 0.238 e. The number of Topliss-reactive ketones (excluding diaryl/α,β-unsaturated/α-hetero) is 2. The van der Waals surface area contributed by atoms with Gasteiger partial charge in [0.05, 0.1) is 12.0 Å². The van der Waals surface area contributed by atoms with Crippen LogP contribution in [0.15, 0.2) is 104 Å². The van der Waals surface area contributed by atoms with E-state index >= 15 is 0 Å². The molecule has 6 nitrogen and oxygen atoms in total. The Labute approximate surface area is 223 Å². The van der Waals surface area contributed by atoms with E-state index in [1.54, 1.807) is 18.3 Å². The standard InChI is InChI=1S/C32H22FN3O3/c33-22-13-11-20(12-14-22)29(38)27-26(28(37)21-7-5-16-34-18-21)32(24-9-3-4-10-25(24)35-31(32)39)30-23-8-2-1-6-19(23)15-17-36(27)30/h1-18,26-27,30H,(H,35,39)/t26-,27-,30+,32+/m0/s1. The van der Waals surface area contributed by atoms with E-state index in [9.17, 15) is 18.8 Å². The average molecular weight is 516 g/mol. The molecular weight excluding hydrogens is 493 g/mol. The van der Waals surface area contributed by atoms with Crippen molar-refractivity contribution in [2.45, 2.75) is 17.5 Å². The van der Waals surface area contributed by atoms with Crippen LogP contribution in [0.1, 0.15) is 43.4 Å². The topological polar surface area (TPSA) is 79.4 Å². The van der Waals surface area contributed by atoms with Crippen LogP contribution in [0.25, 0.3) is 6.08 Å². The van der Waals surface area contributed by atoms with Crippen LogP contribution in [0.4, 0.5) is 10.1 Å². The maximum absolute atomic E-state index is 14.5. The number of pyridine rings is 1. The summed E-state index contributed by atoms with van der Waals surface area (Å²) in [7, 11) is 0. The molecule has 3 aliphatic heterocycles. The Morgan fingerprint density at radius 2 is 1.64 bits per heavy atom. The van der Waals surface area contributed by atoms with Crippen LogP contribution in [0, 0.1) is 11.7 Å². The number of fused-ring (bicyclic) bond motifs is 6. The molecule has 7 heteroatoms. The highest BCUT2D eigenvalue weighted by Gasteiger charge is 2.70. The predicted molar refractivity (Wildman–Crippen MR) is 143 cm³/mol. The van der Waals surface area contributed by atoms with Crippen LogP contribution in [-0.2, 0) is 10.2 Å². The normalized spacial score (nSPS) is 24.2. The summed E-state index contributed by atoms with van der Waals surface area (Å²) < 4.78 is 13.8. The Hall–Kier alpha value is -4.91. The fraction of sp³-hybridized carbons (Fsp3) is 0.125. The van der Waals surface area contributed by atoms with Crippen LogP contribution in [-0.4, -0.2) is 33.4 Å². The molecular formula is C32H22FN3O3. The molecule has 0 bridgehead atoms. The first-order valence-electron chi connectivity index (χ1n) is 12.7. The van der Waals surface area contributed by atoms with Gasteiger partial charge >= 0.3 is 0 Å². The number of carbonyl (C=O) groups excluding carboxylic acids is 3. The van der Waals surface area contributed by atoms with E-state index in [2.05, 4.69) is 10.3 Å². The van der Waals surface area contributed by atoms with Gasteiger partial charge in [-0.25, -0.2) is 4.39 Å². The summed E-state index contributed by atoms with van der Waals surface area (Å²) in [5, 5.41) is 3.02. The number of amides is 1. The molecule has 1 amide bonds. The lowest BCUT2D eigenvalue weighted by Crippen LogP contribution is -2.49. The number of nitrogens with zero attached hydrogens (tertiary/aromatic N) is 2. The summed E-state index contributed by atoms with van der Waals surface area (Å²) in [4.78, 5) is 49.2. The molecule has 0 radical (unpaired) electrons. The molecule has 0 aliphatic carbocycles. The van der Waals surface area contributed by atoms with E-state index in [0.717, 1.165) is 11.1 Å². The number of para-hydroxylation sites is 1. The second-order valence-electron chi connectivity index (χ2n) is 10.1. The number of rotatable bonds is 4. The van der Waals surface area contributed by atoms with Crippen molar-refractivity contribution >= 4 is 29.2 Å². The van der Waals surface area contributed by atoms with E-state index in [1.807, 2.05) is 65.7 Å². The summed E-state index contributed by atoms with van der Waals surface area (Å²) >= 11 is 0. The maximum atomic E-state index is 14.5. The molecule has 0 unspecified atom stereocenters. The SMILES string of the molecule is O=C(c1ccc(F)cc1)[C@@H]1[C@@H](C(=O)c2cccnc2)[C@@]2(C(=O)Nc3ccccc32)[C@H]2c3ccccc3C=CN12. The summed E-state index contributed by atoms with van der Waals surface area (Å²) in [6.07, 6.45) is 6.75. The second-order valence-corrected chi connectivity index (χ2v) is 10.1. The van der Waals surface area contributed by atoms with Crippen molar-refractivity contribution < 1.29 is 18.8 Å². The number of hydrogen-bond donors (Lipinski definition) is 1. The third-order valence-corrected chi connectivity index (χ3v) is 8.20. The number of hydrogen-bond acceptors (Lipinski definition) is 5. The first kappa shape index (κ1) is 23.2. The molecule has 1 N–H and O–H groups in total. The number of anilines is 1. The second kappa shape index (κ2) is 8.56. The summed E-state index contributed by atoms with van der Waals surface area (Å²) in [6, 6.07) is 22.0. The van der Waals surface area contributed by atoms with Gasteiger partial charge in [0.2, 0.25) is 5.91 Å². The van der Waals surface area contributed by atoms with Gasteiger partial charge in [0.25, 0.3) is 0 Å². The highest BCUT2D eigenvalue weighted by molar-refractivity contribution is 6.16. The van der Waals surface area contributed by atoms with Crippen LogP contribution in [0.2, 0.25) is 0 Å². The fourth-order valence-corrected chi connectivity index (χ4v) is 6.64. The quantitative estimate of drug-likeness (QED) is 0.378. The lowest BCUT2D eigenvalue weighted by molar-refractivity contribution is -0.122. The maximum Gasteiger partial charge on any atom is 0.238 e. The fourth-order valence-electron chi connectivity index (χ4n) is 6.64. The van der Waals surface area contributed by atoms with Crippen molar-refractivity contribution in [3.8, 4) is 0 Å². The molecule has 3 aliphatic rings. The van der Waals surface area contributed by atoms with Crippen LogP contribution in [0.3, 0.4) is 0 Å². The number of aromatic nitrogens is 1. The molecule has 3 aromatic carbocycles. The molecule has 7 rings (SSSR count). The van der Waals surface area contributed by atoms with Gasteiger partial charge in [0, 0.05) is 35.4 Å². The zero-order valence-electron chi connectivity index (χ0n) is 20.6. The van der Waals surface area contributed by atoms with Crippen molar-refractivity contribution in [2.24, 2.45) is 5.92 Å². The average Bonchev–Trinajstić information content (AvgIpc) is 3.45. The van der Waals surface area contributed by atoms with Crippen molar-refractivity contribution in [1.82, 2.24) is 9.88 Å². The zero-order chi connectivity index (χ0) is 26.7. The molecule has 190 valence electrons. The zero-order valence-corrected chi connectivity index (χ0v) is 20.6. The molecule has 4 atom stereocenters. The number of nitrogens with one attached hydrogen (secondary N) is 1. The van der Waals surface area contributed by atoms with Crippen molar-refractivity contribution in [2.75, 3.05) is 5.32 Å². The van der Waals surface area contributed by atoms with Crippen LogP contribution in [0.5, 0.6) is 0 Å². The first-order valence-corrected chi connectivity index (χ1v) is 12.7. The minimum Gasteiger partial charge on any atom is -0.358 e. The third-order valence-electron chi connectivity index (χ3n) is 8.20. The van der Waals surface area contributed by atoms with Crippen molar-refractivity contribution in [3.63, 3.8) is 0 Å². The van der Waals surface area contributed by atoms with E-state index < -0.39 is 29.2 Å². The minimum absolute atomic E-state index is 0.264. The van der Waals surface area contributed by atoms with E-state index in [4.69, 9.17) is 0 Å². The molecule has 39 heavy (non-hydrogen) atoms. The molecule has 1 spiro atoms. The van der Waals surface area contributed by atoms with Gasteiger partial charge in [0.15, 0.2) is 11.6 Å². The molecule has 1 saturated heterocycles. The largest absolute Gasteiger partial charge is 0.358 e. The van der Waals surface area contributed by atoms with Gasteiger partial charge in [-0.1, -0.05) is 42.5 Å². The highest BCUT2D eigenvalue weighted by atomic mass is 19.1. The van der Waals surface area contributed by atoms with Gasteiger partial charge in [-0.2, -0.15) is 0 Å². The Balaban J connectivity index is 1.54. The van der Waals surface area contributed by atoms with E-state index in [1.165, 1.54) is 30.5 Å². The Kier molecular flexibility index (Phi) is 5.10. The minimum atomic E-state index is -1.41. The van der Waals surface area contributed by atoms with Crippen molar-refractivity contribution in [1.29, 1.82) is 0 Å². The summed E-state index contributed by atoms with van der Waals surface area (Å²) in [5.74, 6) is -2.61. The lowest BCUT2D eigenvalue weighted by Gasteiger charge is -2.38. The van der Waals surface area contributed by atoms with Crippen molar-refractivity contribution in [3.05, 3.63) is 137 Å². The molecule has 1 aromatic heterocycles. The number of halogens is 1. The molecule has 0 saturated carbocycles. The summed E-state index contributed by atoms with van der Waals surface area (Å²) in [6.45, 7) is 0. The molecule has 4 heterocycles. The molecule has 1 fully saturated rings. The van der Waals surface area contributed by atoms with Gasteiger partial charge < -0.3 is 10.2 Å². The van der Waals surface area contributed by atoms with Gasteiger partial charge in [-0.15, -0.1) is 0 Å². The molecule has 4 aromatic rings. The first-order chi connectivity index (χ1) is 19.0. The third kappa shape index (κ3) is 3.19. The lowest BCUT2D eigenvalue weighted by atomic mass is 9.62.